The van der Waals surface area contributed by atoms with Crippen molar-refractivity contribution in [2.24, 2.45) is 0 Å². The third-order valence-corrected chi connectivity index (χ3v) is 3.28. The molecule has 1 rings (SSSR count). The molecule has 0 aliphatic rings. The fraction of sp³-hybridized carbons (Fsp3) is 0.385. The number of carbonyl (C=O) groups excluding carboxylic acids is 2. The number of nitrogens with one attached hydrogen (secondary N) is 2. The Morgan fingerprint density at radius 1 is 1.29 bits per heavy atom. The van der Waals surface area contributed by atoms with Gasteiger partial charge in [-0.15, -0.1) is 0 Å². The average Bonchev–Trinajstić information content (AvgIpc) is 2.51. The zero-order chi connectivity index (χ0) is 15.7. The van der Waals surface area contributed by atoms with Gasteiger partial charge in [0, 0.05) is 13.0 Å². The molecule has 7 nitrogen and oxygen atoms in total. The zero-order valence-corrected chi connectivity index (χ0v) is 12.6. The number of esters is 1. The SMILES string of the molecule is CCC(=O)NCC(NS(=O)Oc1ccccc1)C(=O)OC. The summed E-state index contributed by atoms with van der Waals surface area (Å²) in [6.07, 6.45) is 0.289. The van der Waals surface area contributed by atoms with E-state index in [2.05, 4.69) is 14.8 Å². The van der Waals surface area contributed by atoms with E-state index in [1.807, 2.05) is 0 Å². The van der Waals surface area contributed by atoms with Gasteiger partial charge in [0.2, 0.25) is 5.91 Å². The number of para-hydroxylation sites is 1. The number of benzene rings is 1. The molecular formula is C13H18N2O5S. The van der Waals surface area contributed by atoms with Crippen molar-refractivity contribution in [2.75, 3.05) is 13.7 Å². The molecule has 1 amide bonds. The summed E-state index contributed by atoms with van der Waals surface area (Å²) in [7, 11) is 1.21. The highest BCUT2D eigenvalue weighted by atomic mass is 32.2. The number of hydrogen-bond acceptors (Lipinski definition) is 5. The van der Waals surface area contributed by atoms with Crippen LogP contribution in [0.25, 0.3) is 0 Å². The van der Waals surface area contributed by atoms with Crippen molar-refractivity contribution in [2.45, 2.75) is 19.4 Å². The van der Waals surface area contributed by atoms with E-state index in [1.54, 1.807) is 37.3 Å². The summed E-state index contributed by atoms with van der Waals surface area (Å²) < 4.78 is 24.0. The third kappa shape index (κ3) is 6.37. The summed E-state index contributed by atoms with van der Waals surface area (Å²) >= 11 is -1.94. The van der Waals surface area contributed by atoms with E-state index in [0.29, 0.717) is 5.75 Å². The van der Waals surface area contributed by atoms with Crippen molar-refractivity contribution in [3.63, 3.8) is 0 Å². The van der Waals surface area contributed by atoms with Gasteiger partial charge in [0.05, 0.1) is 7.11 Å². The summed E-state index contributed by atoms with van der Waals surface area (Å²) in [5, 5.41) is 2.52. The maximum Gasteiger partial charge on any atom is 0.325 e. The van der Waals surface area contributed by atoms with Crippen molar-refractivity contribution in [1.29, 1.82) is 0 Å². The quantitative estimate of drug-likeness (QED) is 0.673. The van der Waals surface area contributed by atoms with Gasteiger partial charge in [0.15, 0.2) is 0 Å². The zero-order valence-electron chi connectivity index (χ0n) is 11.8. The molecule has 1 aromatic carbocycles. The Kier molecular flexibility index (Phi) is 7.41. The van der Waals surface area contributed by atoms with Crippen LogP contribution in [0.3, 0.4) is 0 Å². The highest BCUT2D eigenvalue weighted by molar-refractivity contribution is 7.78. The molecule has 0 aliphatic carbocycles. The van der Waals surface area contributed by atoms with E-state index in [-0.39, 0.29) is 18.9 Å². The first-order valence-electron chi connectivity index (χ1n) is 6.32. The molecule has 0 radical (unpaired) electrons. The maximum atomic E-state index is 11.8. The molecule has 0 saturated heterocycles. The molecule has 0 aromatic heterocycles. The van der Waals surface area contributed by atoms with Crippen molar-refractivity contribution >= 4 is 23.1 Å². The number of hydrogen-bond donors (Lipinski definition) is 2. The first kappa shape index (κ1) is 17.1. The number of carbonyl (C=O) groups is 2. The highest BCUT2D eigenvalue weighted by Crippen LogP contribution is 2.09. The lowest BCUT2D eigenvalue weighted by molar-refractivity contribution is -0.142. The van der Waals surface area contributed by atoms with Crippen LogP contribution in [0, 0.1) is 0 Å². The van der Waals surface area contributed by atoms with Crippen LogP contribution in [0.4, 0.5) is 0 Å². The molecule has 1 aromatic rings. The third-order valence-electron chi connectivity index (χ3n) is 2.46. The predicted molar refractivity (Wildman–Crippen MR) is 77.5 cm³/mol. The molecule has 8 heteroatoms. The van der Waals surface area contributed by atoms with E-state index in [9.17, 15) is 13.8 Å². The van der Waals surface area contributed by atoms with Crippen LogP contribution in [0.15, 0.2) is 30.3 Å². The smallest absolute Gasteiger partial charge is 0.325 e. The molecular weight excluding hydrogens is 296 g/mol. The molecule has 0 aliphatic heterocycles. The molecule has 2 atom stereocenters. The second kappa shape index (κ2) is 9.09. The van der Waals surface area contributed by atoms with Gasteiger partial charge < -0.3 is 14.2 Å². The van der Waals surface area contributed by atoms with Gasteiger partial charge in [0.1, 0.15) is 11.8 Å². The lowest BCUT2D eigenvalue weighted by Crippen LogP contribution is -2.47. The summed E-state index contributed by atoms with van der Waals surface area (Å²) in [5.41, 5.74) is 0. The molecule has 116 valence electrons. The van der Waals surface area contributed by atoms with Crippen molar-refractivity contribution < 1.29 is 22.7 Å². The van der Waals surface area contributed by atoms with Gasteiger partial charge in [-0.3, -0.25) is 9.59 Å². The van der Waals surface area contributed by atoms with Gasteiger partial charge in [0.25, 0.3) is 11.3 Å². The van der Waals surface area contributed by atoms with Gasteiger partial charge >= 0.3 is 5.97 Å². The summed E-state index contributed by atoms with van der Waals surface area (Å²) in [6.45, 7) is 1.65. The molecule has 2 N–H and O–H groups in total. The van der Waals surface area contributed by atoms with Crippen LogP contribution in [0.5, 0.6) is 5.75 Å². The van der Waals surface area contributed by atoms with Crippen molar-refractivity contribution in [3.8, 4) is 5.75 Å². The Bertz CT molecular complexity index is 495. The fourth-order valence-electron chi connectivity index (χ4n) is 1.36. The van der Waals surface area contributed by atoms with Crippen LogP contribution in [0.1, 0.15) is 13.3 Å². The Morgan fingerprint density at radius 2 is 1.95 bits per heavy atom. The first-order chi connectivity index (χ1) is 10.1. The van der Waals surface area contributed by atoms with Crippen LogP contribution in [0.2, 0.25) is 0 Å². The minimum absolute atomic E-state index is 0.0385. The van der Waals surface area contributed by atoms with Crippen LogP contribution in [-0.2, 0) is 25.6 Å². The summed E-state index contributed by atoms with van der Waals surface area (Å²) in [4.78, 5) is 22.8. The van der Waals surface area contributed by atoms with Gasteiger partial charge in [-0.25, -0.2) is 0 Å². The Morgan fingerprint density at radius 3 is 2.52 bits per heavy atom. The summed E-state index contributed by atoms with van der Waals surface area (Å²) in [6, 6.07) is 7.55. The van der Waals surface area contributed by atoms with Crippen LogP contribution >= 0.6 is 0 Å². The number of methoxy groups -OCH3 is 1. The Labute approximate surface area is 125 Å². The second-order valence-corrected chi connectivity index (χ2v) is 4.85. The standard InChI is InChI=1S/C13H18N2O5S/c1-3-12(16)14-9-11(13(17)19-2)15-21(18)20-10-7-5-4-6-8-10/h4-8,11,15H,3,9H2,1-2H3,(H,14,16). The topological polar surface area (TPSA) is 93.7 Å². The van der Waals surface area contributed by atoms with Gasteiger partial charge in [-0.05, 0) is 12.1 Å². The van der Waals surface area contributed by atoms with E-state index >= 15 is 0 Å². The van der Waals surface area contributed by atoms with E-state index < -0.39 is 23.3 Å². The van der Waals surface area contributed by atoms with Crippen LogP contribution < -0.4 is 14.2 Å². The molecule has 0 saturated carbocycles. The van der Waals surface area contributed by atoms with Crippen molar-refractivity contribution in [3.05, 3.63) is 30.3 Å². The fourth-order valence-corrected chi connectivity index (χ4v) is 2.11. The molecule has 2 unspecified atom stereocenters. The summed E-state index contributed by atoms with van der Waals surface area (Å²) in [5.74, 6) is -0.471. The number of rotatable bonds is 8. The first-order valence-corrected chi connectivity index (χ1v) is 7.40. The average molecular weight is 314 g/mol. The highest BCUT2D eigenvalue weighted by Gasteiger charge is 2.22. The minimum atomic E-state index is -1.94. The van der Waals surface area contributed by atoms with E-state index in [1.165, 1.54) is 7.11 Å². The largest absolute Gasteiger partial charge is 0.468 e. The predicted octanol–water partition coefficient (Wildman–Crippen LogP) is 0.301. The van der Waals surface area contributed by atoms with E-state index in [0.717, 1.165) is 0 Å². The second-order valence-electron chi connectivity index (χ2n) is 3.98. The normalized spacial score (nSPS) is 13.0. The molecule has 21 heavy (non-hydrogen) atoms. The lowest BCUT2D eigenvalue weighted by Gasteiger charge is -2.16. The molecule has 0 heterocycles. The molecule has 0 spiro atoms. The van der Waals surface area contributed by atoms with Gasteiger partial charge in [-0.2, -0.15) is 8.93 Å². The minimum Gasteiger partial charge on any atom is -0.468 e. The van der Waals surface area contributed by atoms with Crippen molar-refractivity contribution in [1.82, 2.24) is 10.0 Å². The molecule has 0 bridgehead atoms. The Balaban J connectivity index is 2.57. The maximum absolute atomic E-state index is 11.8. The lowest BCUT2D eigenvalue weighted by atomic mass is 10.3. The number of ether oxygens (including phenoxy) is 1. The monoisotopic (exact) mass is 314 g/mol. The Hall–Kier alpha value is -1.93. The van der Waals surface area contributed by atoms with E-state index in [4.69, 9.17) is 4.18 Å². The number of amides is 1. The van der Waals surface area contributed by atoms with Crippen LogP contribution in [-0.4, -0.2) is 35.8 Å². The van der Waals surface area contributed by atoms with Gasteiger partial charge in [-0.1, -0.05) is 25.1 Å². The molecule has 0 fully saturated rings.